The lowest BCUT2D eigenvalue weighted by atomic mass is 10.1. The number of anilines is 2. The van der Waals surface area contributed by atoms with Crippen molar-refractivity contribution in [2.45, 2.75) is 6.92 Å². The normalized spacial score (nSPS) is 10.2. The first-order valence-corrected chi connectivity index (χ1v) is 5.68. The summed E-state index contributed by atoms with van der Waals surface area (Å²) in [6.45, 7) is 1.92. The van der Waals surface area contributed by atoms with Crippen molar-refractivity contribution in [1.82, 2.24) is 9.78 Å². The summed E-state index contributed by atoms with van der Waals surface area (Å²) in [5.74, 6) is -0.122. The van der Waals surface area contributed by atoms with Crippen LogP contribution in [0.3, 0.4) is 0 Å². The molecule has 0 unspecified atom stereocenters. The lowest BCUT2D eigenvalue weighted by Gasteiger charge is -2.08. The Hall–Kier alpha value is -2.30. The van der Waals surface area contributed by atoms with Crippen molar-refractivity contribution in [2.24, 2.45) is 7.05 Å². The predicted octanol–water partition coefficient (Wildman–Crippen LogP) is 2.02. The van der Waals surface area contributed by atoms with Gasteiger partial charge >= 0.3 is 0 Å². The van der Waals surface area contributed by atoms with Crippen LogP contribution in [0.15, 0.2) is 30.6 Å². The smallest absolute Gasteiger partial charge is 0.256 e. The maximum Gasteiger partial charge on any atom is 0.256 e. The number of rotatable bonds is 3. The summed E-state index contributed by atoms with van der Waals surface area (Å²) in [4.78, 5) is 12.1. The topological polar surface area (TPSA) is 59.0 Å². The first kappa shape index (κ1) is 12.2. The van der Waals surface area contributed by atoms with E-state index in [9.17, 15) is 4.79 Å². The highest BCUT2D eigenvalue weighted by Gasteiger charge is 2.10. The average Bonchev–Trinajstić information content (AvgIpc) is 2.74. The highest BCUT2D eigenvalue weighted by molar-refractivity contribution is 6.05. The Morgan fingerprint density at radius 1 is 1.33 bits per heavy atom. The van der Waals surface area contributed by atoms with E-state index in [0.717, 1.165) is 11.3 Å². The van der Waals surface area contributed by atoms with Crippen LogP contribution in [0.4, 0.5) is 11.4 Å². The monoisotopic (exact) mass is 244 g/mol. The lowest BCUT2D eigenvalue weighted by Crippen LogP contribution is -2.13. The number of nitrogens with one attached hydrogen (secondary N) is 2. The summed E-state index contributed by atoms with van der Waals surface area (Å²) in [6.07, 6.45) is 3.38. The van der Waals surface area contributed by atoms with E-state index in [1.165, 1.54) is 0 Å². The molecule has 5 nitrogen and oxygen atoms in total. The van der Waals surface area contributed by atoms with Gasteiger partial charge < -0.3 is 10.6 Å². The third kappa shape index (κ3) is 2.51. The van der Waals surface area contributed by atoms with Crippen molar-refractivity contribution in [3.63, 3.8) is 0 Å². The molecule has 1 heterocycles. The number of hydrogen-bond donors (Lipinski definition) is 2. The largest absolute Gasteiger partial charge is 0.388 e. The highest BCUT2D eigenvalue weighted by atomic mass is 16.1. The molecule has 5 heteroatoms. The Morgan fingerprint density at radius 2 is 2.11 bits per heavy atom. The van der Waals surface area contributed by atoms with Gasteiger partial charge in [0, 0.05) is 31.5 Å². The predicted molar refractivity (Wildman–Crippen MR) is 71.9 cm³/mol. The Kier molecular flexibility index (Phi) is 3.32. The first-order valence-electron chi connectivity index (χ1n) is 5.68. The fourth-order valence-corrected chi connectivity index (χ4v) is 1.76. The van der Waals surface area contributed by atoms with Crippen molar-refractivity contribution in [3.8, 4) is 0 Å². The van der Waals surface area contributed by atoms with Crippen LogP contribution < -0.4 is 10.6 Å². The minimum absolute atomic E-state index is 0.122. The summed E-state index contributed by atoms with van der Waals surface area (Å²) in [5, 5.41) is 9.86. The molecule has 0 radical (unpaired) electrons. The minimum Gasteiger partial charge on any atom is -0.388 e. The van der Waals surface area contributed by atoms with Gasteiger partial charge in [-0.15, -0.1) is 0 Å². The van der Waals surface area contributed by atoms with E-state index < -0.39 is 0 Å². The van der Waals surface area contributed by atoms with Crippen molar-refractivity contribution < 1.29 is 4.79 Å². The van der Waals surface area contributed by atoms with E-state index in [1.807, 2.05) is 39.2 Å². The van der Waals surface area contributed by atoms with E-state index in [2.05, 4.69) is 15.7 Å². The summed E-state index contributed by atoms with van der Waals surface area (Å²) >= 11 is 0. The quantitative estimate of drug-likeness (QED) is 0.868. The molecule has 94 valence electrons. The van der Waals surface area contributed by atoms with Gasteiger partial charge in [0.2, 0.25) is 0 Å². The van der Waals surface area contributed by atoms with Gasteiger partial charge in [-0.05, 0) is 30.7 Å². The Bertz CT molecular complexity index is 574. The molecule has 0 spiro atoms. The second-order valence-electron chi connectivity index (χ2n) is 4.14. The second-order valence-corrected chi connectivity index (χ2v) is 4.14. The van der Waals surface area contributed by atoms with E-state index in [0.29, 0.717) is 11.3 Å². The lowest BCUT2D eigenvalue weighted by molar-refractivity contribution is 0.102. The summed E-state index contributed by atoms with van der Waals surface area (Å²) in [5.41, 5.74) is 3.28. The Balaban J connectivity index is 2.18. The molecule has 1 aromatic heterocycles. The summed E-state index contributed by atoms with van der Waals surface area (Å²) in [6, 6.07) is 5.64. The molecule has 0 bridgehead atoms. The molecule has 0 fully saturated rings. The van der Waals surface area contributed by atoms with Gasteiger partial charge in [-0.1, -0.05) is 0 Å². The van der Waals surface area contributed by atoms with Crippen LogP contribution in [0.2, 0.25) is 0 Å². The van der Waals surface area contributed by atoms with Gasteiger partial charge in [0.05, 0.1) is 11.9 Å². The van der Waals surface area contributed by atoms with Crippen LogP contribution in [0.5, 0.6) is 0 Å². The number of amides is 1. The molecule has 0 saturated carbocycles. The van der Waals surface area contributed by atoms with Gasteiger partial charge in [-0.3, -0.25) is 9.48 Å². The number of aromatic nitrogens is 2. The van der Waals surface area contributed by atoms with Gasteiger partial charge in [-0.25, -0.2) is 0 Å². The Labute approximate surface area is 106 Å². The Morgan fingerprint density at radius 3 is 2.67 bits per heavy atom. The third-order valence-corrected chi connectivity index (χ3v) is 2.72. The number of benzene rings is 1. The molecule has 0 aliphatic rings. The molecule has 0 atom stereocenters. The fraction of sp³-hybridized carbons (Fsp3) is 0.231. The minimum atomic E-state index is -0.122. The van der Waals surface area contributed by atoms with E-state index in [4.69, 9.17) is 0 Å². The van der Waals surface area contributed by atoms with E-state index in [1.54, 1.807) is 17.1 Å². The number of carbonyl (C=O) groups excluding carboxylic acids is 1. The standard InChI is InChI=1S/C13H16N4O/c1-9-6-10(14-2)4-5-12(9)13(18)16-11-7-15-17(3)8-11/h4-8,14H,1-3H3,(H,16,18). The molecule has 2 aromatic rings. The van der Waals surface area contributed by atoms with Gasteiger partial charge in [-0.2, -0.15) is 5.10 Å². The molecule has 1 aromatic carbocycles. The molecule has 2 N–H and O–H groups in total. The zero-order chi connectivity index (χ0) is 13.1. The van der Waals surface area contributed by atoms with E-state index in [-0.39, 0.29) is 5.91 Å². The molecular formula is C13H16N4O. The number of aryl methyl sites for hydroxylation is 2. The average molecular weight is 244 g/mol. The number of nitrogens with zero attached hydrogens (tertiary/aromatic N) is 2. The molecule has 0 saturated heterocycles. The van der Waals surface area contributed by atoms with Crippen LogP contribution in [0, 0.1) is 6.92 Å². The van der Waals surface area contributed by atoms with Gasteiger partial charge in [0.15, 0.2) is 0 Å². The molecule has 1 amide bonds. The van der Waals surface area contributed by atoms with Gasteiger partial charge in [0.1, 0.15) is 0 Å². The summed E-state index contributed by atoms with van der Waals surface area (Å²) in [7, 11) is 3.66. The molecule has 2 rings (SSSR count). The second kappa shape index (κ2) is 4.91. The third-order valence-electron chi connectivity index (χ3n) is 2.72. The SMILES string of the molecule is CNc1ccc(C(=O)Nc2cnn(C)c2)c(C)c1. The van der Waals surface area contributed by atoms with Crippen LogP contribution >= 0.6 is 0 Å². The zero-order valence-electron chi connectivity index (χ0n) is 10.7. The maximum absolute atomic E-state index is 12.1. The number of carbonyl (C=O) groups is 1. The van der Waals surface area contributed by atoms with Crippen LogP contribution in [0.25, 0.3) is 0 Å². The zero-order valence-corrected chi connectivity index (χ0v) is 10.7. The van der Waals surface area contributed by atoms with Gasteiger partial charge in [0.25, 0.3) is 5.91 Å². The maximum atomic E-state index is 12.1. The summed E-state index contributed by atoms with van der Waals surface area (Å²) < 4.78 is 1.65. The highest BCUT2D eigenvalue weighted by Crippen LogP contribution is 2.16. The van der Waals surface area contributed by atoms with Crippen molar-refractivity contribution in [2.75, 3.05) is 17.7 Å². The molecule has 0 aliphatic heterocycles. The molecule has 0 aliphatic carbocycles. The first-order chi connectivity index (χ1) is 8.60. The van der Waals surface area contributed by atoms with Crippen molar-refractivity contribution >= 4 is 17.3 Å². The van der Waals surface area contributed by atoms with Crippen LogP contribution in [-0.4, -0.2) is 22.7 Å². The number of hydrogen-bond acceptors (Lipinski definition) is 3. The fourth-order valence-electron chi connectivity index (χ4n) is 1.76. The van der Waals surface area contributed by atoms with Crippen LogP contribution in [-0.2, 0) is 7.05 Å². The molecular weight excluding hydrogens is 228 g/mol. The van der Waals surface area contributed by atoms with Crippen LogP contribution in [0.1, 0.15) is 15.9 Å². The van der Waals surface area contributed by atoms with Crippen molar-refractivity contribution in [1.29, 1.82) is 0 Å². The van der Waals surface area contributed by atoms with Crippen molar-refractivity contribution in [3.05, 3.63) is 41.7 Å². The molecule has 18 heavy (non-hydrogen) atoms. The van der Waals surface area contributed by atoms with E-state index >= 15 is 0 Å².